The number of nitrogens with zero attached hydrogens (tertiary/aromatic N) is 4. The zero-order valence-electron chi connectivity index (χ0n) is 17.7. The van der Waals surface area contributed by atoms with E-state index in [9.17, 15) is 0 Å². The molecule has 1 aliphatic heterocycles. The number of hydrogen-bond acceptors (Lipinski definition) is 5. The van der Waals surface area contributed by atoms with Gasteiger partial charge in [-0.15, -0.1) is 35.3 Å². The lowest BCUT2D eigenvalue weighted by molar-refractivity contribution is 0.283. The van der Waals surface area contributed by atoms with E-state index >= 15 is 0 Å². The highest BCUT2D eigenvalue weighted by Crippen LogP contribution is 2.27. The molecule has 1 unspecified atom stereocenters. The van der Waals surface area contributed by atoms with Crippen molar-refractivity contribution in [3.63, 3.8) is 0 Å². The Morgan fingerprint density at radius 3 is 2.48 bits per heavy atom. The molecule has 1 atom stereocenters. The molecule has 1 aromatic heterocycles. The van der Waals surface area contributed by atoms with Gasteiger partial charge in [-0.2, -0.15) is 0 Å². The molecule has 6 nitrogen and oxygen atoms in total. The molecule has 0 bridgehead atoms. The summed E-state index contributed by atoms with van der Waals surface area (Å²) < 4.78 is 5.57. The molecule has 2 heterocycles. The molecule has 3 rings (SSSR count). The molecule has 0 spiro atoms. The molecule has 0 aliphatic carbocycles. The van der Waals surface area contributed by atoms with E-state index in [2.05, 4.69) is 68.7 Å². The van der Waals surface area contributed by atoms with Gasteiger partial charge in [0.1, 0.15) is 5.75 Å². The van der Waals surface area contributed by atoms with Crippen LogP contribution < -0.4 is 15.0 Å². The number of guanidine groups is 1. The van der Waals surface area contributed by atoms with Crippen LogP contribution in [0.4, 0.5) is 5.00 Å². The van der Waals surface area contributed by atoms with E-state index in [1.165, 1.54) is 10.6 Å². The molecule has 1 aliphatic rings. The number of ether oxygens (including phenoxy) is 1. The van der Waals surface area contributed by atoms with Crippen molar-refractivity contribution < 1.29 is 4.74 Å². The number of methoxy groups -OCH3 is 1. The van der Waals surface area contributed by atoms with Gasteiger partial charge in [0.15, 0.2) is 5.96 Å². The Bertz CT molecular complexity index is 760. The summed E-state index contributed by atoms with van der Waals surface area (Å²) in [6.45, 7) is 4.75. The Balaban J connectivity index is 0.00000300. The standard InChI is InChI=1S/C21H31N5OS.HI/c1-22-21(26-13-11-25(12-14-26)20-10-7-15-28-20)23-16-18(24(2)3)17-8-5-6-9-19(17)27-4;/h5-10,15,18H,11-14,16H2,1-4H3,(H,22,23);1H. The van der Waals surface area contributed by atoms with Crippen LogP contribution in [0.15, 0.2) is 46.8 Å². The number of thiophene rings is 1. The molecule has 160 valence electrons. The van der Waals surface area contributed by atoms with Crippen LogP contribution in [0.1, 0.15) is 11.6 Å². The smallest absolute Gasteiger partial charge is 0.193 e. The fraction of sp³-hybridized carbons (Fsp3) is 0.476. The predicted molar refractivity (Wildman–Crippen MR) is 134 cm³/mol. The molecular formula is C21H32IN5OS. The topological polar surface area (TPSA) is 43.3 Å². The molecule has 8 heteroatoms. The molecule has 1 aromatic carbocycles. The Hall–Kier alpha value is -1.52. The SMILES string of the molecule is CN=C(NCC(c1ccccc1OC)N(C)C)N1CCN(c2cccs2)CC1.I. The molecule has 1 fully saturated rings. The molecular weight excluding hydrogens is 497 g/mol. The molecule has 1 N–H and O–H groups in total. The number of piperazine rings is 1. The lowest BCUT2D eigenvalue weighted by Crippen LogP contribution is -2.53. The average molecular weight is 529 g/mol. The summed E-state index contributed by atoms with van der Waals surface area (Å²) in [6, 6.07) is 12.7. The Kier molecular flexibility index (Phi) is 9.51. The summed E-state index contributed by atoms with van der Waals surface area (Å²) in [4.78, 5) is 11.5. The first-order chi connectivity index (χ1) is 13.6. The van der Waals surface area contributed by atoms with Crippen LogP contribution in [0.25, 0.3) is 0 Å². The summed E-state index contributed by atoms with van der Waals surface area (Å²) >= 11 is 1.81. The van der Waals surface area contributed by atoms with Gasteiger partial charge >= 0.3 is 0 Å². The predicted octanol–water partition coefficient (Wildman–Crippen LogP) is 3.38. The van der Waals surface area contributed by atoms with Crippen molar-refractivity contribution in [1.82, 2.24) is 15.1 Å². The van der Waals surface area contributed by atoms with Gasteiger partial charge in [0.2, 0.25) is 0 Å². The second-order valence-corrected chi connectivity index (χ2v) is 8.00. The van der Waals surface area contributed by atoms with Crippen LogP contribution in [0.2, 0.25) is 0 Å². The minimum Gasteiger partial charge on any atom is -0.496 e. The number of nitrogens with one attached hydrogen (secondary N) is 1. The highest BCUT2D eigenvalue weighted by atomic mass is 127. The van der Waals surface area contributed by atoms with E-state index < -0.39 is 0 Å². The Morgan fingerprint density at radius 1 is 1.17 bits per heavy atom. The number of halogens is 1. The van der Waals surface area contributed by atoms with Gasteiger partial charge in [-0.05, 0) is 37.7 Å². The fourth-order valence-electron chi connectivity index (χ4n) is 3.62. The zero-order valence-corrected chi connectivity index (χ0v) is 20.8. The zero-order chi connectivity index (χ0) is 19.9. The monoisotopic (exact) mass is 529 g/mol. The minimum atomic E-state index is 0. The van der Waals surface area contributed by atoms with Crippen molar-refractivity contribution >= 4 is 46.3 Å². The quantitative estimate of drug-likeness (QED) is 0.353. The van der Waals surface area contributed by atoms with Gasteiger partial charge in [-0.25, -0.2) is 0 Å². The number of likely N-dealkylation sites (N-methyl/N-ethyl adjacent to an activating group) is 1. The van der Waals surface area contributed by atoms with Gasteiger partial charge in [0.25, 0.3) is 0 Å². The second kappa shape index (κ2) is 11.6. The highest BCUT2D eigenvalue weighted by Gasteiger charge is 2.23. The van der Waals surface area contributed by atoms with E-state index in [4.69, 9.17) is 4.74 Å². The number of benzene rings is 1. The van der Waals surface area contributed by atoms with Crippen molar-refractivity contribution in [2.24, 2.45) is 4.99 Å². The van der Waals surface area contributed by atoms with Crippen LogP contribution in [-0.2, 0) is 0 Å². The second-order valence-electron chi connectivity index (χ2n) is 7.07. The summed E-state index contributed by atoms with van der Waals surface area (Å²) in [5.41, 5.74) is 1.18. The van der Waals surface area contributed by atoms with E-state index in [0.29, 0.717) is 0 Å². The molecule has 2 aromatic rings. The van der Waals surface area contributed by atoms with Gasteiger partial charge in [0, 0.05) is 45.3 Å². The van der Waals surface area contributed by atoms with Crippen molar-refractivity contribution in [1.29, 1.82) is 0 Å². The number of hydrogen-bond donors (Lipinski definition) is 1. The average Bonchev–Trinajstić information content (AvgIpc) is 3.26. The third kappa shape index (κ3) is 5.99. The summed E-state index contributed by atoms with van der Waals surface area (Å²) in [6.07, 6.45) is 0. The van der Waals surface area contributed by atoms with Gasteiger partial charge < -0.3 is 24.8 Å². The van der Waals surface area contributed by atoms with Crippen LogP contribution in [0, 0.1) is 0 Å². The van der Waals surface area contributed by atoms with Crippen molar-refractivity contribution in [3.05, 3.63) is 47.3 Å². The third-order valence-electron chi connectivity index (χ3n) is 5.18. The van der Waals surface area contributed by atoms with E-state index in [-0.39, 0.29) is 30.0 Å². The number of aliphatic imine (C=N–C) groups is 1. The van der Waals surface area contributed by atoms with Crippen molar-refractivity contribution in [3.8, 4) is 5.75 Å². The maximum Gasteiger partial charge on any atom is 0.193 e. The number of para-hydroxylation sites is 1. The fourth-order valence-corrected chi connectivity index (χ4v) is 4.41. The van der Waals surface area contributed by atoms with Gasteiger partial charge in [0.05, 0.1) is 18.2 Å². The van der Waals surface area contributed by atoms with Gasteiger partial charge in [-0.1, -0.05) is 18.2 Å². The van der Waals surface area contributed by atoms with E-state index in [1.54, 1.807) is 7.11 Å². The molecule has 0 saturated carbocycles. The largest absolute Gasteiger partial charge is 0.496 e. The molecule has 0 radical (unpaired) electrons. The Morgan fingerprint density at radius 2 is 1.90 bits per heavy atom. The maximum atomic E-state index is 5.57. The summed E-state index contributed by atoms with van der Waals surface area (Å²) in [5, 5.41) is 7.08. The Labute approximate surface area is 195 Å². The van der Waals surface area contributed by atoms with Crippen LogP contribution in [0.5, 0.6) is 5.75 Å². The third-order valence-corrected chi connectivity index (χ3v) is 6.11. The summed E-state index contributed by atoms with van der Waals surface area (Å²) in [5.74, 6) is 1.88. The first-order valence-electron chi connectivity index (χ1n) is 9.67. The van der Waals surface area contributed by atoms with Crippen molar-refractivity contribution in [2.75, 3.05) is 65.9 Å². The molecule has 0 amide bonds. The lowest BCUT2D eigenvalue weighted by atomic mass is 10.0. The minimum absolute atomic E-state index is 0. The van der Waals surface area contributed by atoms with E-state index in [1.807, 2.05) is 30.5 Å². The van der Waals surface area contributed by atoms with Crippen LogP contribution in [0.3, 0.4) is 0 Å². The van der Waals surface area contributed by atoms with Crippen LogP contribution >= 0.6 is 35.3 Å². The molecule has 1 saturated heterocycles. The van der Waals surface area contributed by atoms with Crippen molar-refractivity contribution in [2.45, 2.75) is 6.04 Å². The normalized spacial score (nSPS) is 15.8. The first-order valence-corrected chi connectivity index (χ1v) is 10.6. The maximum absolute atomic E-state index is 5.57. The molecule has 29 heavy (non-hydrogen) atoms. The number of anilines is 1. The lowest BCUT2D eigenvalue weighted by Gasteiger charge is -2.37. The van der Waals surface area contributed by atoms with Gasteiger partial charge in [-0.3, -0.25) is 4.99 Å². The summed E-state index contributed by atoms with van der Waals surface area (Å²) in [7, 11) is 7.79. The van der Waals surface area contributed by atoms with E-state index in [0.717, 1.165) is 44.4 Å². The number of rotatable bonds is 6. The highest BCUT2D eigenvalue weighted by molar-refractivity contribution is 14.0. The first kappa shape index (κ1) is 23.8. The van der Waals surface area contributed by atoms with Crippen LogP contribution in [-0.4, -0.2) is 76.7 Å².